The fourth-order valence-electron chi connectivity index (χ4n) is 2.38. The third-order valence-corrected chi connectivity index (χ3v) is 3.79. The molecular weight excluding hydrogens is 248 g/mol. The first-order valence-corrected chi connectivity index (χ1v) is 6.34. The van der Waals surface area contributed by atoms with Gasteiger partial charge in [-0.1, -0.05) is 20.8 Å². The topological polar surface area (TPSA) is 105 Å². The molecule has 1 unspecified atom stereocenters. The quantitative estimate of drug-likeness (QED) is 0.540. The van der Waals surface area contributed by atoms with E-state index in [1.54, 1.807) is 4.90 Å². The number of urea groups is 1. The summed E-state index contributed by atoms with van der Waals surface area (Å²) in [6.45, 7) is 6.30. The van der Waals surface area contributed by atoms with Crippen molar-refractivity contribution in [1.29, 1.82) is 0 Å². The van der Waals surface area contributed by atoms with E-state index in [4.69, 9.17) is 5.73 Å². The van der Waals surface area contributed by atoms with Crippen molar-refractivity contribution in [1.82, 2.24) is 15.5 Å². The van der Waals surface area contributed by atoms with Crippen LogP contribution in [0.25, 0.3) is 0 Å². The summed E-state index contributed by atoms with van der Waals surface area (Å²) in [4.78, 5) is 36.8. The Balaban J connectivity index is 2.09. The highest BCUT2D eigenvalue weighted by Crippen LogP contribution is 2.27. The number of amides is 4. The van der Waals surface area contributed by atoms with Gasteiger partial charge in [0.25, 0.3) is 5.91 Å². The van der Waals surface area contributed by atoms with E-state index in [1.165, 1.54) is 0 Å². The molecule has 0 bridgehead atoms. The number of nitrogens with one attached hydrogen (secondary N) is 2. The van der Waals surface area contributed by atoms with E-state index in [9.17, 15) is 14.4 Å². The standard InChI is InChI=1S/C12H20N4O3/c1-11(2,3)7(13)8(17)16-5-4-12(6-16)9(18)14-10(19)15-12/h7H,4-6,13H2,1-3H3,(H2,14,15,18,19)/t7-,12?/m1/s1. The van der Waals surface area contributed by atoms with Crippen molar-refractivity contribution in [3.8, 4) is 0 Å². The van der Waals surface area contributed by atoms with Gasteiger partial charge in [-0.3, -0.25) is 14.9 Å². The van der Waals surface area contributed by atoms with Crippen molar-refractivity contribution >= 4 is 17.8 Å². The fraction of sp³-hybridized carbons (Fsp3) is 0.750. The Morgan fingerprint density at radius 2 is 2.05 bits per heavy atom. The first-order chi connectivity index (χ1) is 8.66. The highest BCUT2D eigenvalue weighted by atomic mass is 16.2. The summed E-state index contributed by atoms with van der Waals surface area (Å²) < 4.78 is 0. The Morgan fingerprint density at radius 3 is 2.53 bits per heavy atom. The van der Waals surface area contributed by atoms with Crippen LogP contribution in [0.4, 0.5) is 4.79 Å². The van der Waals surface area contributed by atoms with Gasteiger partial charge in [-0.25, -0.2) is 4.79 Å². The SMILES string of the molecule is CC(C)(C)[C@H](N)C(=O)N1CCC2(C1)NC(=O)NC2=O. The molecule has 2 heterocycles. The van der Waals surface area contributed by atoms with Crippen LogP contribution in [0.3, 0.4) is 0 Å². The van der Waals surface area contributed by atoms with Gasteiger partial charge in [0.05, 0.1) is 12.6 Å². The molecule has 19 heavy (non-hydrogen) atoms. The lowest BCUT2D eigenvalue weighted by Crippen LogP contribution is -2.53. The molecule has 1 spiro atoms. The molecule has 0 saturated carbocycles. The Kier molecular flexibility index (Phi) is 3.04. The highest BCUT2D eigenvalue weighted by Gasteiger charge is 2.52. The second kappa shape index (κ2) is 4.19. The summed E-state index contributed by atoms with van der Waals surface area (Å²) in [6.07, 6.45) is 0.424. The number of carbonyl (C=O) groups is 3. The van der Waals surface area contributed by atoms with Gasteiger partial charge < -0.3 is 16.0 Å². The summed E-state index contributed by atoms with van der Waals surface area (Å²) in [5, 5.41) is 4.82. The molecule has 2 fully saturated rings. The van der Waals surface area contributed by atoms with Gasteiger partial charge in [0.15, 0.2) is 0 Å². The largest absolute Gasteiger partial charge is 0.338 e. The summed E-state index contributed by atoms with van der Waals surface area (Å²) in [5.74, 6) is -0.546. The minimum Gasteiger partial charge on any atom is -0.338 e. The molecular formula is C12H20N4O3. The summed E-state index contributed by atoms with van der Waals surface area (Å²) >= 11 is 0. The second-order valence-corrected chi connectivity index (χ2v) is 6.34. The predicted molar refractivity (Wildman–Crippen MR) is 68.0 cm³/mol. The van der Waals surface area contributed by atoms with Gasteiger partial charge in [-0.15, -0.1) is 0 Å². The number of rotatable bonds is 1. The van der Waals surface area contributed by atoms with Crippen LogP contribution < -0.4 is 16.4 Å². The molecule has 2 aliphatic rings. The Morgan fingerprint density at radius 1 is 1.42 bits per heavy atom. The Labute approximate surface area is 111 Å². The zero-order chi connectivity index (χ0) is 14.4. The van der Waals surface area contributed by atoms with E-state index >= 15 is 0 Å². The summed E-state index contributed by atoms with van der Waals surface area (Å²) in [6, 6.07) is -1.12. The van der Waals surface area contributed by atoms with Crippen LogP contribution in [0, 0.1) is 5.41 Å². The maximum atomic E-state index is 12.3. The number of imide groups is 1. The minimum atomic E-state index is -0.968. The Bertz CT molecular complexity index is 443. The van der Waals surface area contributed by atoms with Gasteiger partial charge in [0.1, 0.15) is 5.54 Å². The normalized spacial score (nSPS) is 28.5. The van der Waals surface area contributed by atoms with Crippen molar-refractivity contribution in [2.24, 2.45) is 11.1 Å². The lowest BCUT2D eigenvalue weighted by Gasteiger charge is -2.30. The molecule has 2 atom stereocenters. The van der Waals surface area contributed by atoms with Gasteiger partial charge in [0.2, 0.25) is 5.91 Å². The molecule has 7 heteroatoms. The number of nitrogens with two attached hydrogens (primary N) is 1. The fourth-order valence-corrected chi connectivity index (χ4v) is 2.38. The van der Waals surface area contributed by atoms with Crippen molar-refractivity contribution < 1.29 is 14.4 Å². The maximum Gasteiger partial charge on any atom is 0.322 e. The minimum absolute atomic E-state index is 0.182. The van der Waals surface area contributed by atoms with E-state index in [0.29, 0.717) is 13.0 Å². The summed E-state index contributed by atoms with van der Waals surface area (Å²) in [5.41, 5.74) is 4.64. The lowest BCUT2D eigenvalue weighted by molar-refractivity contribution is -0.134. The van der Waals surface area contributed by atoms with Crippen molar-refractivity contribution in [2.75, 3.05) is 13.1 Å². The maximum absolute atomic E-state index is 12.3. The number of nitrogens with zero attached hydrogens (tertiary/aromatic N) is 1. The van der Waals surface area contributed by atoms with Crippen LogP contribution in [0.2, 0.25) is 0 Å². The molecule has 2 rings (SSSR count). The molecule has 2 aliphatic heterocycles. The number of hydrogen-bond acceptors (Lipinski definition) is 4. The molecule has 4 N–H and O–H groups in total. The van der Waals surface area contributed by atoms with Crippen LogP contribution in [0.5, 0.6) is 0 Å². The zero-order valence-electron chi connectivity index (χ0n) is 11.4. The van der Waals surface area contributed by atoms with Gasteiger partial charge >= 0.3 is 6.03 Å². The third kappa shape index (κ3) is 2.30. The predicted octanol–water partition coefficient (Wildman–Crippen LogP) is -0.830. The van der Waals surface area contributed by atoms with E-state index in [0.717, 1.165) is 0 Å². The van der Waals surface area contributed by atoms with Gasteiger partial charge in [0, 0.05) is 6.54 Å². The average Bonchev–Trinajstić information content (AvgIpc) is 2.81. The smallest absolute Gasteiger partial charge is 0.322 e. The van der Waals surface area contributed by atoms with E-state index in [2.05, 4.69) is 10.6 Å². The van der Waals surface area contributed by atoms with Crippen LogP contribution in [0.1, 0.15) is 27.2 Å². The van der Waals surface area contributed by atoms with Crippen molar-refractivity contribution in [3.63, 3.8) is 0 Å². The van der Waals surface area contributed by atoms with Gasteiger partial charge in [-0.05, 0) is 11.8 Å². The molecule has 0 aromatic heterocycles. The highest BCUT2D eigenvalue weighted by molar-refractivity contribution is 6.07. The van der Waals surface area contributed by atoms with E-state index < -0.39 is 17.6 Å². The molecule has 0 aromatic carbocycles. The van der Waals surface area contributed by atoms with Crippen LogP contribution in [-0.2, 0) is 9.59 Å². The molecule has 7 nitrogen and oxygen atoms in total. The number of hydrogen-bond donors (Lipinski definition) is 3. The molecule has 4 amide bonds. The molecule has 106 valence electrons. The first kappa shape index (κ1) is 13.8. The lowest BCUT2D eigenvalue weighted by atomic mass is 9.86. The van der Waals surface area contributed by atoms with Crippen molar-refractivity contribution in [3.05, 3.63) is 0 Å². The van der Waals surface area contributed by atoms with Crippen LogP contribution in [-0.4, -0.2) is 47.4 Å². The van der Waals surface area contributed by atoms with Crippen molar-refractivity contribution in [2.45, 2.75) is 38.8 Å². The van der Waals surface area contributed by atoms with E-state index in [1.807, 2.05) is 20.8 Å². The first-order valence-electron chi connectivity index (χ1n) is 6.34. The molecule has 0 aromatic rings. The average molecular weight is 268 g/mol. The summed E-state index contributed by atoms with van der Waals surface area (Å²) in [7, 11) is 0. The second-order valence-electron chi connectivity index (χ2n) is 6.34. The zero-order valence-corrected chi connectivity index (χ0v) is 11.4. The molecule has 2 saturated heterocycles. The molecule has 0 radical (unpaired) electrons. The van der Waals surface area contributed by atoms with Crippen LogP contribution >= 0.6 is 0 Å². The van der Waals surface area contributed by atoms with Gasteiger partial charge in [-0.2, -0.15) is 0 Å². The molecule has 0 aliphatic carbocycles. The third-order valence-electron chi connectivity index (χ3n) is 3.79. The Hall–Kier alpha value is -1.63. The van der Waals surface area contributed by atoms with Crippen LogP contribution in [0.15, 0.2) is 0 Å². The van der Waals surface area contributed by atoms with E-state index in [-0.39, 0.29) is 23.8 Å². The number of likely N-dealkylation sites (tertiary alicyclic amines) is 1. The number of carbonyl (C=O) groups excluding carboxylic acids is 3. The monoisotopic (exact) mass is 268 g/mol.